The van der Waals surface area contributed by atoms with Gasteiger partial charge in [-0.3, -0.25) is 0 Å². The zero-order chi connectivity index (χ0) is 41.1. The fourth-order valence-corrected chi connectivity index (χ4v) is 11.5. The number of rotatable bonds is 4. The lowest BCUT2D eigenvalue weighted by Gasteiger charge is -2.46. The molecule has 12 rings (SSSR count). The van der Waals surface area contributed by atoms with Crippen LogP contribution in [0.5, 0.6) is 0 Å². The first-order valence-electron chi connectivity index (χ1n) is 21.7. The van der Waals surface area contributed by atoms with E-state index in [2.05, 4.69) is 227 Å². The van der Waals surface area contributed by atoms with Gasteiger partial charge in [0.2, 0.25) is 0 Å². The lowest BCUT2D eigenvalue weighted by Crippen LogP contribution is -2.40. The Balaban J connectivity index is 1.13. The van der Waals surface area contributed by atoms with Crippen LogP contribution in [-0.2, 0) is 16.2 Å². The van der Waals surface area contributed by atoms with Crippen molar-refractivity contribution in [2.45, 2.75) is 50.0 Å². The van der Waals surface area contributed by atoms with E-state index < -0.39 is 5.41 Å². The summed E-state index contributed by atoms with van der Waals surface area (Å²) < 4.78 is 0. The Hall–Kier alpha value is -7.03. The fourth-order valence-electron chi connectivity index (χ4n) is 11.5. The van der Waals surface area contributed by atoms with Crippen LogP contribution in [0, 0.1) is 0 Å². The molecule has 8 aromatic rings. The molecular weight excluding hydrogens is 737 g/mol. The van der Waals surface area contributed by atoms with Crippen molar-refractivity contribution in [1.29, 1.82) is 0 Å². The molecule has 2 heteroatoms. The Morgan fingerprint density at radius 2 is 0.934 bits per heavy atom. The molecule has 1 heterocycles. The van der Waals surface area contributed by atoms with E-state index in [0.717, 1.165) is 22.7 Å². The van der Waals surface area contributed by atoms with Gasteiger partial charge < -0.3 is 5.32 Å². The second-order valence-electron chi connectivity index (χ2n) is 18.3. The van der Waals surface area contributed by atoms with Crippen molar-refractivity contribution < 1.29 is 0 Å². The molecule has 4 aliphatic rings. The highest BCUT2D eigenvalue weighted by Crippen LogP contribution is 2.63. The van der Waals surface area contributed by atoms with E-state index in [1.807, 2.05) is 0 Å². The number of hydrogen-bond donors (Lipinski definition) is 1. The number of hydrogen-bond acceptors (Lipinski definition) is 2. The Bertz CT molecular complexity index is 3110. The molecule has 0 amide bonds. The van der Waals surface area contributed by atoms with Crippen LogP contribution in [0.3, 0.4) is 0 Å². The average molecular weight is 783 g/mol. The van der Waals surface area contributed by atoms with Crippen molar-refractivity contribution in [3.63, 3.8) is 0 Å². The largest absolute Gasteiger partial charge is 0.359 e. The topological polar surface area (TPSA) is 24.4 Å². The predicted octanol–water partition coefficient (Wildman–Crippen LogP) is 13.8. The second kappa shape index (κ2) is 13.0. The van der Waals surface area contributed by atoms with Crippen molar-refractivity contribution in [2.24, 2.45) is 4.99 Å². The molecule has 61 heavy (non-hydrogen) atoms. The molecule has 0 saturated heterocycles. The minimum absolute atomic E-state index is 0.0586. The molecule has 0 aromatic heterocycles. The molecule has 1 atom stereocenters. The van der Waals surface area contributed by atoms with Crippen molar-refractivity contribution in [2.75, 3.05) is 0 Å². The molecule has 0 radical (unpaired) electrons. The van der Waals surface area contributed by atoms with Crippen LogP contribution in [0.15, 0.2) is 199 Å². The van der Waals surface area contributed by atoms with E-state index in [1.165, 1.54) is 83.5 Å². The van der Waals surface area contributed by atoms with Gasteiger partial charge in [0, 0.05) is 16.4 Å². The zero-order valence-electron chi connectivity index (χ0n) is 35.0. The second-order valence-corrected chi connectivity index (χ2v) is 18.3. The Labute approximate surface area is 359 Å². The molecule has 0 bridgehead atoms. The number of benzene rings is 8. The summed E-state index contributed by atoms with van der Waals surface area (Å²) in [7, 11) is 0. The van der Waals surface area contributed by atoms with E-state index >= 15 is 0 Å². The van der Waals surface area contributed by atoms with Crippen molar-refractivity contribution in [3.8, 4) is 33.4 Å². The summed E-state index contributed by atoms with van der Waals surface area (Å²) in [6.45, 7) is 9.52. The first-order chi connectivity index (χ1) is 29.8. The van der Waals surface area contributed by atoms with Gasteiger partial charge in [-0.05, 0) is 107 Å². The van der Waals surface area contributed by atoms with Gasteiger partial charge in [0.25, 0.3) is 0 Å². The third kappa shape index (κ3) is 5.00. The third-order valence-corrected chi connectivity index (χ3v) is 14.4. The normalized spacial score (nSPS) is 17.7. The molecule has 0 fully saturated rings. The summed E-state index contributed by atoms with van der Waals surface area (Å²) in [6.07, 6.45) is 2.27. The summed E-state index contributed by atoms with van der Waals surface area (Å²) in [6, 6.07) is 70.0. The minimum atomic E-state index is -0.532. The van der Waals surface area contributed by atoms with E-state index in [0.29, 0.717) is 0 Å². The molecule has 0 saturated carbocycles. The Kier molecular flexibility index (Phi) is 7.64. The lowest BCUT2D eigenvalue weighted by atomic mass is 9.55. The van der Waals surface area contributed by atoms with Gasteiger partial charge in [0.1, 0.15) is 5.84 Å². The van der Waals surface area contributed by atoms with E-state index in [1.54, 1.807) is 0 Å². The van der Waals surface area contributed by atoms with Gasteiger partial charge in [-0.2, -0.15) is 0 Å². The maximum atomic E-state index is 5.52. The number of amidine groups is 1. The quantitative estimate of drug-likeness (QED) is 0.189. The van der Waals surface area contributed by atoms with Crippen LogP contribution in [0.2, 0.25) is 0 Å². The van der Waals surface area contributed by atoms with Crippen LogP contribution >= 0.6 is 0 Å². The minimum Gasteiger partial charge on any atom is -0.359 e. The molecule has 1 spiro atoms. The highest BCUT2D eigenvalue weighted by Gasteiger charge is 2.54. The summed E-state index contributed by atoms with van der Waals surface area (Å²) >= 11 is 0. The van der Waals surface area contributed by atoms with Crippen molar-refractivity contribution >= 4 is 11.5 Å². The van der Waals surface area contributed by atoms with Gasteiger partial charge >= 0.3 is 0 Å². The maximum Gasteiger partial charge on any atom is 0.135 e. The number of fused-ring (bicyclic) bond motifs is 12. The molecule has 8 aromatic carbocycles. The van der Waals surface area contributed by atoms with E-state index in [4.69, 9.17) is 4.99 Å². The SMILES string of the molecule is CC1(C)c2ccccc2-c2ccc(-c3ccc4c(c3)-c3c(C5=NC(c6ccccc6)=CC(c6ccccc6)N5)cccc3C43c4ccccc4C(C)(C)c4ccccc43)cc21. The summed E-state index contributed by atoms with van der Waals surface area (Å²) in [5.74, 6) is 0.884. The molecular formula is C59H46N2. The first kappa shape index (κ1) is 35.9. The van der Waals surface area contributed by atoms with Crippen LogP contribution < -0.4 is 5.32 Å². The van der Waals surface area contributed by atoms with Crippen LogP contribution in [0.1, 0.15) is 94.9 Å². The third-order valence-electron chi connectivity index (χ3n) is 14.4. The highest BCUT2D eigenvalue weighted by molar-refractivity contribution is 6.11. The number of aliphatic imine (C=N–C) groups is 1. The van der Waals surface area contributed by atoms with Crippen LogP contribution in [0.4, 0.5) is 0 Å². The van der Waals surface area contributed by atoms with E-state index in [-0.39, 0.29) is 16.9 Å². The number of nitrogens with zero attached hydrogens (tertiary/aromatic N) is 1. The number of nitrogens with one attached hydrogen (secondary N) is 1. The molecule has 1 unspecified atom stereocenters. The Morgan fingerprint density at radius 3 is 1.66 bits per heavy atom. The molecule has 1 N–H and O–H groups in total. The maximum absolute atomic E-state index is 5.52. The fraction of sp³-hybridized carbons (Fsp3) is 0.136. The zero-order valence-corrected chi connectivity index (χ0v) is 35.0. The van der Waals surface area contributed by atoms with Gasteiger partial charge in [-0.25, -0.2) is 4.99 Å². The van der Waals surface area contributed by atoms with Crippen LogP contribution in [-0.4, -0.2) is 5.84 Å². The summed E-state index contributed by atoms with van der Waals surface area (Å²) in [4.78, 5) is 5.52. The van der Waals surface area contributed by atoms with Crippen molar-refractivity contribution in [1.82, 2.24) is 5.32 Å². The van der Waals surface area contributed by atoms with Crippen molar-refractivity contribution in [3.05, 3.63) is 255 Å². The van der Waals surface area contributed by atoms with Gasteiger partial charge in [-0.1, -0.05) is 204 Å². The molecule has 292 valence electrons. The molecule has 1 aliphatic heterocycles. The lowest BCUT2D eigenvalue weighted by molar-refractivity contribution is 0.563. The molecule has 3 aliphatic carbocycles. The molecule has 2 nitrogen and oxygen atoms in total. The first-order valence-corrected chi connectivity index (χ1v) is 21.7. The summed E-state index contributed by atoms with van der Waals surface area (Å²) in [5.41, 5.74) is 22.1. The summed E-state index contributed by atoms with van der Waals surface area (Å²) in [5, 5.41) is 3.95. The van der Waals surface area contributed by atoms with E-state index in [9.17, 15) is 0 Å². The smallest absolute Gasteiger partial charge is 0.135 e. The standard InChI is InChI=1S/C59H46N2/c1-57(2)45-24-12-11-22-41(45)42-32-30-40(35-52(42)57)39-31-33-46-44(34-39)55-43(56-60-53(37-18-7-5-8-19-37)36-54(61-56)38-20-9-6-10-21-38)23-17-29-51(55)59(46)49-27-15-13-25-47(49)58(3,4)48-26-14-16-28-50(48)59/h5-36,53H,1-4H3,(H,60,61). The highest BCUT2D eigenvalue weighted by atomic mass is 15.0. The monoisotopic (exact) mass is 782 g/mol. The average Bonchev–Trinajstić information content (AvgIpc) is 3.74. The van der Waals surface area contributed by atoms with Gasteiger partial charge in [0.05, 0.1) is 17.2 Å². The predicted molar refractivity (Wildman–Crippen MR) is 252 cm³/mol. The van der Waals surface area contributed by atoms with Gasteiger partial charge in [-0.15, -0.1) is 0 Å². The van der Waals surface area contributed by atoms with Gasteiger partial charge in [0.15, 0.2) is 0 Å². The van der Waals surface area contributed by atoms with Crippen LogP contribution in [0.25, 0.3) is 39.1 Å². The Morgan fingerprint density at radius 1 is 0.393 bits per heavy atom.